The first-order valence-electron chi connectivity index (χ1n) is 11.7. The number of piperidine rings is 1. The zero-order valence-corrected chi connectivity index (χ0v) is 19.6. The number of ether oxygens (including phenoxy) is 1. The number of likely N-dealkylation sites (tertiary alicyclic amines) is 1. The first-order valence-corrected chi connectivity index (χ1v) is 11.7. The van der Waals surface area contributed by atoms with E-state index in [2.05, 4.69) is 36.1 Å². The summed E-state index contributed by atoms with van der Waals surface area (Å²) in [6.07, 6.45) is 5.14. The van der Waals surface area contributed by atoms with Crippen LogP contribution in [0.4, 0.5) is 4.79 Å². The van der Waals surface area contributed by atoms with Gasteiger partial charge < -0.3 is 9.64 Å². The second-order valence-electron chi connectivity index (χ2n) is 8.95. The van der Waals surface area contributed by atoms with Crippen molar-refractivity contribution in [3.8, 4) is 0 Å². The highest BCUT2D eigenvalue weighted by Gasteiger charge is 2.57. The summed E-state index contributed by atoms with van der Waals surface area (Å²) in [5, 5.41) is 0. The molecule has 0 atom stereocenters. The number of hydrogen-bond acceptors (Lipinski definition) is 4. The van der Waals surface area contributed by atoms with Crippen LogP contribution in [-0.2, 0) is 16.1 Å². The lowest BCUT2D eigenvalue weighted by molar-refractivity contribution is -0.135. The normalized spacial score (nSPS) is 18.7. The molecule has 2 aromatic carbocycles. The van der Waals surface area contributed by atoms with Gasteiger partial charge in [0.05, 0.1) is 6.61 Å². The van der Waals surface area contributed by atoms with Crippen LogP contribution in [0.25, 0.3) is 6.08 Å². The minimum atomic E-state index is -0.765. The van der Waals surface area contributed by atoms with E-state index >= 15 is 0 Å². The number of amides is 3. The number of nitrogens with zero attached hydrogens (tertiary/aromatic N) is 3. The van der Waals surface area contributed by atoms with Gasteiger partial charge in [-0.15, -0.1) is 0 Å². The molecule has 0 radical (unpaired) electrons. The minimum absolute atomic E-state index is 0.0727. The van der Waals surface area contributed by atoms with Crippen LogP contribution in [0.2, 0.25) is 0 Å². The fourth-order valence-electron chi connectivity index (χ4n) is 4.93. The van der Waals surface area contributed by atoms with Crippen LogP contribution in [0, 0.1) is 6.92 Å². The molecule has 174 valence electrons. The first-order chi connectivity index (χ1) is 16.0. The SMILES string of the molecule is COCCN1C(=O)N(CC=Cc2ccccc2)C(=O)C12CCN(Cc1cccc(C)c1)CC2. The van der Waals surface area contributed by atoms with Crippen molar-refractivity contribution < 1.29 is 14.3 Å². The molecule has 1 spiro atoms. The van der Waals surface area contributed by atoms with Gasteiger partial charge in [-0.2, -0.15) is 0 Å². The highest BCUT2D eigenvalue weighted by atomic mass is 16.5. The van der Waals surface area contributed by atoms with Crippen molar-refractivity contribution in [1.82, 2.24) is 14.7 Å². The molecule has 0 saturated carbocycles. The van der Waals surface area contributed by atoms with Crippen molar-refractivity contribution in [3.63, 3.8) is 0 Å². The highest BCUT2D eigenvalue weighted by Crippen LogP contribution is 2.37. The fraction of sp³-hybridized carbons (Fsp3) is 0.407. The summed E-state index contributed by atoms with van der Waals surface area (Å²) >= 11 is 0. The van der Waals surface area contributed by atoms with Gasteiger partial charge in [0, 0.05) is 39.8 Å². The van der Waals surface area contributed by atoms with Gasteiger partial charge >= 0.3 is 6.03 Å². The van der Waals surface area contributed by atoms with E-state index in [0.29, 0.717) is 26.0 Å². The van der Waals surface area contributed by atoms with Gasteiger partial charge in [-0.25, -0.2) is 4.79 Å². The highest BCUT2D eigenvalue weighted by molar-refractivity contribution is 6.07. The number of benzene rings is 2. The monoisotopic (exact) mass is 447 g/mol. The molecule has 2 aliphatic heterocycles. The van der Waals surface area contributed by atoms with Crippen LogP contribution in [-0.4, -0.2) is 72.1 Å². The summed E-state index contributed by atoms with van der Waals surface area (Å²) in [7, 11) is 1.62. The molecule has 0 aliphatic carbocycles. The Morgan fingerprint density at radius 1 is 1.03 bits per heavy atom. The van der Waals surface area contributed by atoms with E-state index in [4.69, 9.17) is 4.74 Å². The van der Waals surface area contributed by atoms with E-state index in [0.717, 1.165) is 25.2 Å². The molecule has 2 heterocycles. The Balaban J connectivity index is 1.46. The van der Waals surface area contributed by atoms with Crippen LogP contribution in [0.15, 0.2) is 60.7 Å². The lowest BCUT2D eigenvalue weighted by Gasteiger charge is -2.42. The molecule has 3 amide bonds. The number of carbonyl (C=O) groups excluding carboxylic acids is 2. The molecule has 0 bridgehead atoms. The van der Waals surface area contributed by atoms with Gasteiger partial charge in [0.2, 0.25) is 0 Å². The van der Waals surface area contributed by atoms with Crippen LogP contribution in [0.3, 0.4) is 0 Å². The molecule has 2 aliphatic rings. The zero-order chi connectivity index (χ0) is 23.3. The lowest BCUT2D eigenvalue weighted by atomic mass is 9.85. The maximum Gasteiger partial charge on any atom is 0.328 e. The Kier molecular flexibility index (Phi) is 7.26. The summed E-state index contributed by atoms with van der Waals surface area (Å²) in [4.78, 5) is 32.4. The quantitative estimate of drug-likeness (QED) is 0.575. The Morgan fingerprint density at radius 3 is 2.48 bits per heavy atom. The molecule has 0 unspecified atom stereocenters. The molecule has 2 fully saturated rings. The topological polar surface area (TPSA) is 53.1 Å². The number of hydrogen-bond donors (Lipinski definition) is 0. The van der Waals surface area contributed by atoms with Crippen molar-refractivity contribution in [2.24, 2.45) is 0 Å². The van der Waals surface area contributed by atoms with E-state index in [1.807, 2.05) is 42.5 Å². The zero-order valence-electron chi connectivity index (χ0n) is 19.6. The Hall–Kier alpha value is -2.96. The summed E-state index contributed by atoms with van der Waals surface area (Å²) in [6.45, 7) is 5.66. The number of carbonyl (C=O) groups is 2. The molecule has 33 heavy (non-hydrogen) atoms. The second-order valence-corrected chi connectivity index (χ2v) is 8.95. The van der Waals surface area contributed by atoms with E-state index < -0.39 is 5.54 Å². The van der Waals surface area contributed by atoms with Gasteiger partial charge in [0.25, 0.3) is 5.91 Å². The second kappa shape index (κ2) is 10.3. The molecule has 2 aromatic rings. The van der Waals surface area contributed by atoms with Crippen LogP contribution >= 0.6 is 0 Å². The van der Waals surface area contributed by atoms with E-state index in [-0.39, 0.29) is 18.5 Å². The minimum Gasteiger partial charge on any atom is -0.383 e. The molecular formula is C27H33N3O3. The summed E-state index contributed by atoms with van der Waals surface area (Å²) in [6, 6.07) is 18.2. The van der Waals surface area contributed by atoms with Gasteiger partial charge in [0.15, 0.2) is 0 Å². The number of urea groups is 1. The third-order valence-corrected chi connectivity index (χ3v) is 6.71. The van der Waals surface area contributed by atoms with E-state index in [1.165, 1.54) is 16.0 Å². The molecule has 0 aromatic heterocycles. The molecule has 4 rings (SSSR count). The molecule has 2 saturated heterocycles. The van der Waals surface area contributed by atoms with Crippen molar-refractivity contribution in [1.29, 1.82) is 0 Å². The fourth-order valence-corrected chi connectivity index (χ4v) is 4.93. The summed E-state index contributed by atoms with van der Waals surface area (Å²) < 4.78 is 5.26. The van der Waals surface area contributed by atoms with Crippen molar-refractivity contribution in [2.45, 2.75) is 31.8 Å². The van der Waals surface area contributed by atoms with Gasteiger partial charge in [-0.05, 0) is 30.9 Å². The maximum absolute atomic E-state index is 13.6. The molecule has 6 heteroatoms. The number of rotatable bonds is 8. The third-order valence-electron chi connectivity index (χ3n) is 6.71. The largest absolute Gasteiger partial charge is 0.383 e. The van der Waals surface area contributed by atoms with Crippen molar-refractivity contribution >= 4 is 18.0 Å². The van der Waals surface area contributed by atoms with Crippen LogP contribution < -0.4 is 0 Å². The standard InChI is InChI=1S/C27H33N3O3/c1-22-8-6-11-24(20-22)21-28-16-13-27(14-17-28)25(31)29(26(32)30(27)18-19-33-2)15-7-12-23-9-4-3-5-10-23/h3-12,20H,13-19,21H2,1-2H3. The average molecular weight is 448 g/mol. The molecule has 6 nitrogen and oxygen atoms in total. The maximum atomic E-state index is 13.6. The van der Waals surface area contributed by atoms with Gasteiger partial charge in [0.1, 0.15) is 5.54 Å². The van der Waals surface area contributed by atoms with E-state index in [9.17, 15) is 9.59 Å². The van der Waals surface area contributed by atoms with Crippen LogP contribution in [0.1, 0.15) is 29.5 Å². The first kappa shape index (κ1) is 23.2. The smallest absolute Gasteiger partial charge is 0.328 e. The Morgan fingerprint density at radius 2 is 1.79 bits per heavy atom. The Bertz CT molecular complexity index is 997. The van der Waals surface area contributed by atoms with Crippen molar-refractivity contribution in [2.75, 3.05) is 39.9 Å². The number of methoxy groups -OCH3 is 1. The lowest BCUT2D eigenvalue weighted by Crippen LogP contribution is -2.57. The average Bonchev–Trinajstić information content (AvgIpc) is 3.01. The Labute approximate surface area is 196 Å². The molecule has 0 N–H and O–H groups in total. The predicted molar refractivity (Wildman–Crippen MR) is 130 cm³/mol. The van der Waals surface area contributed by atoms with Crippen LogP contribution in [0.5, 0.6) is 0 Å². The molecular weight excluding hydrogens is 414 g/mol. The van der Waals surface area contributed by atoms with E-state index in [1.54, 1.807) is 12.0 Å². The van der Waals surface area contributed by atoms with Gasteiger partial charge in [-0.1, -0.05) is 72.3 Å². The van der Waals surface area contributed by atoms with Crippen molar-refractivity contribution in [3.05, 3.63) is 77.4 Å². The number of aryl methyl sites for hydroxylation is 1. The number of imide groups is 1. The third kappa shape index (κ3) is 5.02. The summed E-state index contributed by atoms with van der Waals surface area (Å²) in [5.74, 6) is -0.0727. The predicted octanol–water partition coefficient (Wildman–Crippen LogP) is 3.95. The summed E-state index contributed by atoms with van der Waals surface area (Å²) in [5.41, 5.74) is 2.82. The van der Waals surface area contributed by atoms with Gasteiger partial charge in [-0.3, -0.25) is 14.6 Å².